The fourth-order valence-corrected chi connectivity index (χ4v) is 3.31. The molecule has 0 radical (unpaired) electrons. The average molecular weight is 370 g/mol. The second-order valence-corrected chi connectivity index (χ2v) is 8.05. The van der Waals surface area contributed by atoms with Gasteiger partial charge in [-0.3, -0.25) is 9.59 Å². The molecule has 154 valence electrons. The van der Waals surface area contributed by atoms with Gasteiger partial charge in [-0.15, -0.1) is 0 Å². The van der Waals surface area contributed by atoms with Crippen molar-refractivity contribution >= 4 is 11.9 Å². The Balaban J connectivity index is 3.55. The molecular formula is C22H43NO3. The minimum absolute atomic E-state index is 0.0100. The van der Waals surface area contributed by atoms with E-state index in [9.17, 15) is 9.59 Å². The normalized spacial score (nSPS) is 11.1. The highest BCUT2D eigenvalue weighted by Crippen LogP contribution is 2.13. The van der Waals surface area contributed by atoms with Gasteiger partial charge in [0.1, 0.15) is 6.54 Å². The molecule has 0 fully saturated rings. The number of carboxylic acids is 1. The van der Waals surface area contributed by atoms with Gasteiger partial charge in [0.05, 0.1) is 0 Å². The third-order valence-corrected chi connectivity index (χ3v) is 4.76. The molecule has 0 aromatic rings. The molecule has 0 bridgehead atoms. The molecule has 0 aliphatic carbocycles. The van der Waals surface area contributed by atoms with E-state index in [-0.39, 0.29) is 12.5 Å². The summed E-state index contributed by atoms with van der Waals surface area (Å²) >= 11 is 0. The third-order valence-electron chi connectivity index (χ3n) is 4.76. The van der Waals surface area contributed by atoms with Crippen molar-refractivity contribution in [3.8, 4) is 0 Å². The van der Waals surface area contributed by atoms with E-state index in [1.165, 1.54) is 75.5 Å². The molecule has 0 aliphatic heterocycles. The molecule has 0 atom stereocenters. The summed E-state index contributed by atoms with van der Waals surface area (Å²) in [5.41, 5.74) is 0. The molecule has 1 amide bonds. The molecular weight excluding hydrogens is 326 g/mol. The third kappa shape index (κ3) is 16.4. The van der Waals surface area contributed by atoms with Crippen molar-refractivity contribution in [3.63, 3.8) is 0 Å². The molecule has 0 heterocycles. The molecule has 0 spiro atoms. The molecule has 0 unspecified atom stereocenters. The van der Waals surface area contributed by atoms with E-state index in [0.717, 1.165) is 12.8 Å². The summed E-state index contributed by atoms with van der Waals surface area (Å²) in [7, 11) is 0. The lowest BCUT2D eigenvalue weighted by Gasteiger charge is -2.22. The van der Waals surface area contributed by atoms with Gasteiger partial charge in [-0.1, -0.05) is 97.8 Å². The smallest absolute Gasteiger partial charge is 0.323 e. The topological polar surface area (TPSA) is 57.6 Å². The van der Waals surface area contributed by atoms with Crippen molar-refractivity contribution in [2.24, 2.45) is 5.92 Å². The molecule has 1 N–H and O–H groups in total. The largest absolute Gasteiger partial charge is 0.480 e. The van der Waals surface area contributed by atoms with Crippen LogP contribution in [-0.2, 0) is 9.59 Å². The summed E-state index contributed by atoms with van der Waals surface area (Å²) in [5.74, 6) is -0.640. The van der Waals surface area contributed by atoms with Crippen LogP contribution < -0.4 is 0 Å². The Morgan fingerprint density at radius 3 is 1.58 bits per heavy atom. The van der Waals surface area contributed by atoms with Crippen molar-refractivity contribution in [2.75, 3.05) is 13.1 Å². The fourth-order valence-electron chi connectivity index (χ4n) is 3.31. The summed E-state index contributed by atoms with van der Waals surface area (Å²) in [6, 6.07) is 0. The van der Waals surface area contributed by atoms with Crippen molar-refractivity contribution < 1.29 is 14.7 Å². The number of carbonyl (C=O) groups is 2. The predicted molar refractivity (Wildman–Crippen MR) is 109 cm³/mol. The highest BCUT2D eigenvalue weighted by molar-refractivity contribution is 5.81. The molecule has 4 nitrogen and oxygen atoms in total. The lowest BCUT2D eigenvalue weighted by atomic mass is 10.0. The molecule has 0 aromatic carbocycles. The first-order valence-corrected chi connectivity index (χ1v) is 11.0. The second kappa shape index (κ2) is 17.4. The predicted octanol–water partition coefficient (Wildman–Crippen LogP) is 6.04. The monoisotopic (exact) mass is 369 g/mol. The minimum atomic E-state index is -0.927. The van der Waals surface area contributed by atoms with Crippen LogP contribution in [0.3, 0.4) is 0 Å². The summed E-state index contributed by atoms with van der Waals surface area (Å²) in [6.45, 7) is 6.63. The minimum Gasteiger partial charge on any atom is -0.480 e. The number of carbonyl (C=O) groups excluding carboxylic acids is 1. The molecule has 0 rings (SSSR count). The van der Waals surface area contributed by atoms with E-state index in [4.69, 9.17) is 5.11 Å². The van der Waals surface area contributed by atoms with Gasteiger partial charge >= 0.3 is 5.97 Å². The Morgan fingerprint density at radius 1 is 0.769 bits per heavy atom. The molecule has 4 heteroatoms. The highest BCUT2D eigenvalue weighted by atomic mass is 16.4. The van der Waals surface area contributed by atoms with Crippen molar-refractivity contribution in [2.45, 2.75) is 111 Å². The van der Waals surface area contributed by atoms with Gasteiger partial charge in [0, 0.05) is 13.0 Å². The average Bonchev–Trinajstić information content (AvgIpc) is 2.57. The summed E-state index contributed by atoms with van der Waals surface area (Å²) in [6.07, 6.45) is 17.2. The van der Waals surface area contributed by atoms with Gasteiger partial charge in [-0.05, 0) is 12.3 Å². The Labute approximate surface area is 161 Å². The van der Waals surface area contributed by atoms with Gasteiger partial charge in [0.2, 0.25) is 5.91 Å². The molecule has 0 aromatic heterocycles. The Bertz CT molecular complexity index is 355. The number of rotatable bonds is 18. The summed E-state index contributed by atoms with van der Waals surface area (Å²) in [5, 5.41) is 8.94. The Hall–Kier alpha value is -1.06. The molecule has 0 saturated carbocycles. The van der Waals surface area contributed by atoms with Gasteiger partial charge in [0.15, 0.2) is 0 Å². The van der Waals surface area contributed by atoms with Gasteiger partial charge < -0.3 is 10.0 Å². The highest BCUT2D eigenvalue weighted by Gasteiger charge is 2.17. The maximum Gasteiger partial charge on any atom is 0.323 e. The summed E-state index contributed by atoms with van der Waals surface area (Å²) < 4.78 is 0. The zero-order valence-electron chi connectivity index (χ0n) is 17.6. The lowest BCUT2D eigenvalue weighted by molar-refractivity contribution is -0.144. The molecule has 26 heavy (non-hydrogen) atoms. The first-order valence-electron chi connectivity index (χ1n) is 11.0. The van der Waals surface area contributed by atoms with E-state index >= 15 is 0 Å². The zero-order chi connectivity index (χ0) is 19.6. The number of unbranched alkanes of at least 4 members (excludes halogenated alkanes) is 12. The van der Waals surface area contributed by atoms with E-state index in [0.29, 0.717) is 18.9 Å². The maximum atomic E-state index is 12.2. The Kier molecular flexibility index (Phi) is 16.7. The van der Waals surface area contributed by atoms with Gasteiger partial charge in [0.25, 0.3) is 0 Å². The quantitative estimate of drug-likeness (QED) is 0.300. The first kappa shape index (κ1) is 24.9. The summed E-state index contributed by atoms with van der Waals surface area (Å²) in [4.78, 5) is 24.6. The SMILES string of the molecule is CCCCCCCCCCCCCCCC(=O)N(CC(=O)O)CC(C)C. The standard InChI is InChI=1S/C22H43NO3/c1-4-5-6-7-8-9-10-11-12-13-14-15-16-17-21(24)23(18-20(2)3)19-22(25)26/h20H,4-19H2,1-3H3,(H,25,26). The number of hydrogen-bond acceptors (Lipinski definition) is 2. The number of hydrogen-bond donors (Lipinski definition) is 1. The second-order valence-electron chi connectivity index (χ2n) is 8.05. The zero-order valence-corrected chi connectivity index (χ0v) is 17.6. The van der Waals surface area contributed by atoms with Crippen LogP contribution in [0.1, 0.15) is 111 Å². The molecule has 0 saturated heterocycles. The van der Waals surface area contributed by atoms with E-state index < -0.39 is 5.97 Å². The van der Waals surface area contributed by atoms with Crippen LogP contribution in [0.4, 0.5) is 0 Å². The van der Waals surface area contributed by atoms with Crippen LogP contribution in [0.15, 0.2) is 0 Å². The fraction of sp³-hybridized carbons (Fsp3) is 0.909. The van der Waals surface area contributed by atoms with Crippen LogP contribution in [-0.4, -0.2) is 35.0 Å². The van der Waals surface area contributed by atoms with E-state index in [2.05, 4.69) is 6.92 Å². The number of nitrogens with zero attached hydrogens (tertiary/aromatic N) is 1. The first-order chi connectivity index (χ1) is 12.5. The Morgan fingerprint density at radius 2 is 1.19 bits per heavy atom. The maximum absolute atomic E-state index is 12.2. The van der Waals surface area contributed by atoms with Gasteiger partial charge in [-0.2, -0.15) is 0 Å². The van der Waals surface area contributed by atoms with Crippen molar-refractivity contribution in [1.82, 2.24) is 4.90 Å². The van der Waals surface area contributed by atoms with Gasteiger partial charge in [-0.25, -0.2) is 0 Å². The van der Waals surface area contributed by atoms with Crippen molar-refractivity contribution in [3.05, 3.63) is 0 Å². The number of amides is 1. The van der Waals surface area contributed by atoms with E-state index in [1.807, 2.05) is 13.8 Å². The van der Waals surface area contributed by atoms with Crippen LogP contribution in [0, 0.1) is 5.92 Å². The van der Waals surface area contributed by atoms with Crippen molar-refractivity contribution in [1.29, 1.82) is 0 Å². The number of aliphatic carboxylic acids is 1. The molecule has 0 aliphatic rings. The van der Waals surface area contributed by atoms with Crippen LogP contribution in [0.2, 0.25) is 0 Å². The van der Waals surface area contributed by atoms with Crippen LogP contribution in [0.5, 0.6) is 0 Å². The van der Waals surface area contributed by atoms with Crippen LogP contribution in [0.25, 0.3) is 0 Å². The lowest BCUT2D eigenvalue weighted by Crippen LogP contribution is -2.38. The number of carboxylic acid groups (broad SMARTS) is 1. The van der Waals surface area contributed by atoms with Crippen LogP contribution >= 0.6 is 0 Å². The van der Waals surface area contributed by atoms with E-state index in [1.54, 1.807) is 0 Å².